The van der Waals surface area contributed by atoms with Crippen molar-refractivity contribution in [1.29, 1.82) is 0 Å². The lowest BCUT2D eigenvalue weighted by atomic mass is 10.2. The van der Waals surface area contributed by atoms with Gasteiger partial charge in [-0.1, -0.05) is 0 Å². The zero-order valence-corrected chi connectivity index (χ0v) is 11.8. The average molecular weight is 294 g/mol. The summed E-state index contributed by atoms with van der Waals surface area (Å²) in [5, 5.41) is 16.5. The quantitative estimate of drug-likeness (QED) is 0.323. The van der Waals surface area contributed by atoms with Crippen LogP contribution in [-0.2, 0) is 19.1 Å². The van der Waals surface area contributed by atoms with Crippen molar-refractivity contribution in [3.63, 3.8) is 0 Å². The van der Waals surface area contributed by atoms with Gasteiger partial charge in [0.2, 0.25) is 11.8 Å². The molecule has 20 heavy (non-hydrogen) atoms. The number of primary amides is 2. The van der Waals surface area contributed by atoms with E-state index in [2.05, 4.69) is 0 Å². The lowest BCUT2D eigenvalue weighted by Crippen LogP contribution is -2.12. The first-order chi connectivity index (χ1) is 9.54. The Labute approximate surface area is 119 Å². The van der Waals surface area contributed by atoms with Crippen LogP contribution in [0.3, 0.4) is 0 Å². The van der Waals surface area contributed by atoms with Crippen molar-refractivity contribution in [2.45, 2.75) is 25.7 Å². The van der Waals surface area contributed by atoms with Crippen LogP contribution in [0.5, 0.6) is 0 Å². The molecule has 0 bridgehead atoms. The van der Waals surface area contributed by atoms with Crippen molar-refractivity contribution in [2.75, 3.05) is 39.6 Å². The molecule has 6 N–H and O–H groups in total. The SMILES string of the molecule is NC(=O)CCCCC(N)=O.OCCOCCOCCO. The maximum absolute atomic E-state index is 10.2. The van der Waals surface area contributed by atoms with Crippen molar-refractivity contribution < 1.29 is 29.3 Å². The summed E-state index contributed by atoms with van der Waals surface area (Å²) < 4.78 is 9.75. The van der Waals surface area contributed by atoms with E-state index in [0.29, 0.717) is 52.1 Å². The first-order valence-electron chi connectivity index (χ1n) is 6.48. The first-order valence-corrected chi connectivity index (χ1v) is 6.48. The molecule has 0 saturated carbocycles. The van der Waals surface area contributed by atoms with Gasteiger partial charge in [-0.25, -0.2) is 0 Å². The Bertz CT molecular complexity index is 214. The van der Waals surface area contributed by atoms with E-state index >= 15 is 0 Å². The molecule has 8 nitrogen and oxygen atoms in total. The van der Waals surface area contributed by atoms with Crippen molar-refractivity contribution in [3.05, 3.63) is 0 Å². The van der Waals surface area contributed by atoms with Gasteiger partial charge < -0.3 is 31.2 Å². The Morgan fingerprint density at radius 3 is 1.35 bits per heavy atom. The maximum Gasteiger partial charge on any atom is 0.217 e. The minimum Gasteiger partial charge on any atom is -0.394 e. The highest BCUT2D eigenvalue weighted by molar-refractivity contribution is 5.74. The molecule has 2 amide bonds. The topological polar surface area (TPSA) is 145 Å². The van der Waals surface area contributed by atoms with Crippen LogP contribution in [-0.4, -0.2) is 61.7 Å². The summed E-state index contributed by atoms with van der Waals surface area (Å²) in [6.07, 6.45) is 1.98. The van der Waals surface area contributed by atoms with Crippen molar-refractivity contribution in [2.24, 2.45) is 11.5 Å². The third kappa shape index (κ3) is 25.6. The molecule has 0 aliphatic heterocycles. The van der Waals surface area contributed by atoms with E-state index in [-0.39, 0.29) is 25.0 Å². The van der Waals surface area contributed by atoms with E-state index < -0.39 is 0 Å². The van der Waals surface area contributed by atoms with Crippen LogP contribution in [0.1, 0.15) is 25.7 Å². The highest BCUT2D eigenvalue weighted by atomic mass is 16.5. The molecule has 0 radical (unpaired) electrons. The summed E-state index contributed by atoms with van der Waals surface area (Å²) >= 11 is 0. The molecular formula is C12H26N2O6. The zero-order valence-electron chi connectivity index (χ0n) is 11.8. The average Bonchev–Trinajstić information content (AvgIpc) is 2.39. The van der Waals surface area contributed by atoms with E-state index in [1.165, 1.54) is 0 Å². The lowest BCUT2D eigenvalue weighted by Gasteiger charge is -2.01. The lowest BCUT2D eigenvalue weighted by molar-refractivity contribution is -0.119. The molecule has 0 saturated heterocycles. The normalized spacial score (nSPS) is 9.70. The number of aliphatic hydroxyl groups excluding tert-OH is 2. The third-order valence-electron chi connectivity index (χ3n) is 1.94. The second kappa shape index (κ2) is 17.8. The predicted octanol–water partition coefficient (Wildman–Crippen LogP) is -1.48. The number of hydrogen-bond donors (Lipinski definition) is 4. The van der Waals surface area contributed by atoms with Gasteiger partial charge in [0.1, 0.15) is 0 Å². The highest BCUT2D eigenvalue weighted by Gasteiger charge is 1.96. The summed E-state index contributed by atoms with van der Waals surface area (Å²) in [4.78, 5) is 20.3. The van der Waals surface area contributed by atoms with E-state index in [9.17, 15) is 9.59 Å². The van der Waals surface area contributed by atoms with E-state index in [0.717, 1.165) is 0 Å². The fourth-order valence-corrected chi connectivity index (χ4v) is 1.05. The minimum absolute atomic E-state index is 0.0417. The van der Waals surface area contributed by atoms with Crippen LogP contribution >= 0.6 is 0 Å². The van der Waals surface area contributed by atoms with Gasteiger partial charge in [0, 0.05) is 12.8 Å². The molecule has 0 aromatic rings. The summed E-state index contributed by atoms with van der Waals surface area (Å²) in [5.74, 6) is -0.658. The molecule has 120 valence electrons. The fourth-order valence-electron chi connectivity index (χ4n) is 1.05. The highest BCUT2D eigenvalue weighted by Crippen LogP contribution is 1.97. The van der Waals surface area contributed by atoms with Crippen molar-refractivity contribution in [3.8, 4) is 0 Å². The predicted molar refractivity (Wildman–Crippen MR) is 72.7 cm³/mol. The monoisotopic (exact) mass is 294 g/mol. The Kier molecular flexibility index (Phi) is 18.7. The number of hydrogen-bond acceptors (Lipinski definition) is 6. The summed E-state index contributed by atoms with van der Waals surface area (Å²) in [5.41, 5.74) is 9.71. The second-order valence-corrected chi connectivity index (χ2v) is 3.81. The molecule has 0 aromatic carbocycles. The van der Waals surface area contributed by atoms with Crippen molar-refractivity contribution >= 4 is 11.8 Å². The molecule has 0 atom stereocenters. The first kappa shape index (κ1) is 21.1. The summed E-state index contributed by atoms with van der Waals surface area (Å²) in [7, 11) is 0. The number of rotatable bonds is 12. The number of carbonyl (C=O) groups excluding carboxylic acids is 2. The molecule has 0 aromatic heterocycles. The second-order valence-electron chi connectivity index (χ2n) is 3.81. The fraction of sp³-hybridized carbons (Fsp3) is 0.833. The third-order valence-corrected chi connectivity index (χ3v) is 1.94. The van der Waals surface area contributed by atoms with Gasteiger partial charge in [-0.15, -0.1) is 0 Å². The minimum atomic E-state index is -0.329. The molecule has 0 unspecified atom stereocenters. The molecule has 0 rings (SSSR count). The van der Waals surface area contributed by atoms with Gasteiger partial charge in [0.25, 0.3) is 0 Å². The van der Waals surface area contributed by atoms with E-state index in [1.54, 1.807) is 0 Å². The number of nitrogens with two attached hydrogens (primary N) is 2. The number of amides is 2. The zero-order chi connectivity index (χ0) is 15.6. The van der Waals surface area contributed by atoms with E-state index in [4.69, 9.17) is 31.2 Å². The molecule has 0 spiro atoms. The number of aliphatic hydroxyl groups is 2. The van der Waals surface area contributed by atoms with Gasteiger partial charge in [0.05, 0.1) is 39.6 Å². The van der Waals surface area contributed by atoms with Gasteiger partial charge in [-0.3, -0.25) is 9.59 Å². The summed E-state index contributed by atoms with van der Waals surface area (Å²) in [6, 6.07) is 0. The molecule has 0 heterocycles. The smallest absolute Gasteiger partial charge is 0.217 e. The van der Waals surface area contributed by atoms with Crippen LogP contribution in [0, 0.1) is 0 Å². The molecule has 0 aliphatic rings. The number of carbonyl (C=O) groups is 2. The Balaban J connectivity index is 0. The van der Waals surface area contributed by atoms with Gasteiger partial charge in [-0.2, -0.15) is 0 Å². The standard InChI is InChI=1S/C6H12N2O2.C6H14O4/c7-5(9)3-1-2-4-6(8)10;7-1-3-9-5-6-10-4-2-8/h1-4H2,(H2,7,9)(H2,8,10);7-8H,1-6H2. The Hall–Kier alpha value is -1.22. The largest absolute Gasteiger partial charge is 0.394 e. The Morgan fingerprint density at radius 1 is 0.750 bits per heavy atom. The molecule has 8 heteroatoms. The molecule has 0 aliphatic carbocycles. The van der Waals surface area contributed by atoms with Gasteiger partial charge in [-0.05, 0) is 12.8 Å². The van der Waals surface area contributed by atoms with Crippen LogP contribution in [0.15, 0.2) is 0 Å². The summed E-state index contributed by atoms with van der Waals surface area (Å²) in [6.45, 7) is 1.73. The number of unbranched alkanes of at least 4 members (excludes halogenated alkanes) is 1. The van der Waals surface area contributed by atoms with Gasteiger partial charge >= 0.3 is 0 Å². The van der Waals surface area contributed by atoms with Gasteiger partial charge in [0.15, 0.2) is 0 Å². The maximum atomic E-state index is 10.2. The Morgan fingerprint density at radius 2 is 1.10 bits per heavy atom. The molecular weight excluding hydrogens is 268 g/mol. The number of ether oxygens (including phenoxy) is 2. The van der Waals surface area contributed by atoms with Crippen LogP contribution in [0.4, 0.5) is 0 Å². The molecule has 0 fully saturated rings. The van der Waals surface area contributed by atoms with Crippen molar-refractivity contribution in [1.82, 2.24) is 0 Å². The van der Waals surface area contributed by atoms with Crippen LogP contribution in [0.2, 0.25) is 0 Å². The van der Waals surface area contributed by atoms with Crippen LogP contribution < -0.4 is 11.5 Å². The van der Waals surface area contributed by atoms with E-state index in [1.807, 2.05) is 0 Å². The van der Waals surface area contributed by atoms with Crippen LogP contribution in [0.25, 0.3) is 0 Å².